The minimum absolute atomic E-state index is 0.00404. The highest BCUT2D eigenvalue weighted by molar-refractivity contribution is 5.89. The van der Waals surface area contributed by atoms with Crippen LogP contribution in [0, 0.1) is 5.82 Å². The number of phenolic OH excluding ortho intramolecular Hbond substituents is 1. The van der Waals surface area contributed by atoms with Gasteiger partial charge < -0.3 is 67.7 Å². The second-order valence-corrected chi connectivity index (χ2v) is 34.2. The Labute approximate surface area is 828 Å². The fraction of sp³-hybridized carbons (Fsp3) is 0.286. The Morgan fingerprint density at radius 3 is 1.02 bits per heavy atom. The Balaban J connectivity index is 0.000000143. The number of aryl methyl sites for hydroxylation is 1. The second kappa shape index (κ2) is 53.0. The van der Waals surface area contributed by atoms with Gasteiger partial charge in [-0.3, -0.25) is 28.8 Å². The highest BCUT2D eigenvalue weighted by Crippen LogP contribution is 2.36. The molecule has 734 valence electrons. The lowest BCUT2D eigenvalue weighted by Crippen LogP contribution is -2.41. The van der Waals surface area contributed by atoms with Gasteiger partial charge in [-0.25, -0.2) is 24.0 Å². The molecule has 142 heavy (non-hydrogen) atoms. The van der Waals surface area contributed by atoms with E-state index in [1.165, 1.54) is 68.4 Å². The normalized spacial score (nSPS) is 15.1. The highest BCUT2D eigenvalue weighted by atomic mass is 19.1. The number of methoxy groups -OCH3 is 1. The van der Waals surface area contributed by atoms with Gasteiger partial charge in [0.2, 0.25) is 35.4 Å². The SMILES string of the molecule is C=CC(=O)N1CCC(Oc2cccc(-c3ccc(F)cc3OC)c2)CC1.C=CC(=O)N1CCC(Oc2cccc(-c3cccc(O)c3)c2)CC1.C=CC(=O)N1CCC(Oc2cccc(-c3cccnn3)c2)CC1.C=CC(=O)N1CCC(Oc2cccc(-c3ccncn3)c2)CC1.C=CC(=O)N1CCC(Oc2cccc(-c3ccnnc3)c2)CC1.C=CC(=O)N1CCC(Oc2cccc(-c3ncnn3C)c2)CC1. The zero-order chi connectivity index (χ0) is 99.9. The number of nitrogens with zero attached hydrogens (tertiary/aromatic N) is 15. The van der Waals surface area contributed by atoms with Crippen molar-refractivity contribution in [2.24, 2.45) is 7.05 Å². The predicted molar refractivity (Wildman–Crippen MR) is 543 cm³/mol. The summed E-state index contributed by atoms with van der Waals surface area (Å²) in [6.45, 7) is 29.6. The van der Waals surface area contributed by atoms with Crippen LogP contribution in [0.4, 0.5) is 4.39 Å². The number of rotatable bonds is 25. The van der Waals surface area contributed by atoms with Gasteiger partial charge in [0.15, 0.2) is 5.82 Å². The van der Waals surface area contributed by atoms with Crippen LogP contribution in [0.2, 0.25) is 0 Å². The largest absolute Gasteiger partial charge is 0.508 e. The molecule has 6 saturated heterocycles. The van der Waals surface area contributed by atoms with Gasteiger partial charge in [0.1, 0.15) is 101 Å². The molecule has 0 aliphatic carbocycles. The zero-order valence-corrected chi connectivity index (χ0v) is 80.2. The van der Waals surface area contributed by atoms with Gasteiger partial charge in [-0.15, -0.1) is 0 Å². The van der Waals surface area contributed by atoms with Gasteiger partial charge in [0.25, 0.3) is 0 Å². The number of hydrogen-bond donors (Lipinski definition) is 1. The average molecular weight is 1920 g/mol. The molecular weight excluding hydrogens is 1800 g/mol. The van der Waals surface area contributed by atoms with Crippen molar-refractivity contribution in [2.75, 3.05) is 85.6 Å². The molecule has 1 N–H and O–H groups in total. The first kappa shape index (κ1) is 103. The molecule has 0 bridgehead atoms. The Kier molecular flexibility index (Phi) is 38.5. The van der Waals surface area contributed by atoms with Crippen LogP contribution in [-0.4, -0.2) is 237 Å². The molecule has 6 fully saturated rings. The molecule has 0 spiro atoms. The number of piperidine rings is 6. The van der Waals surface area contributed by atoms with E-state index in [0.29, 0.717) is 84.3 Å². The minimum atomic E-state index is -0.334. The molecule has 6 amide bonds. The summed E-state index contributed by atoms with van der Waals surface area (Å²) in [6, 6.07) is 66.4. The molecule has 0 radical (unpaired) electrons. The zero-order valence-electron chi connectivity index (χ0n) is 80.2. The monoisotopic (exact) mass is 1920 g/mol. The summed E-state index contributed by atoms with van der Waals surface area (Å²) in [6.07, 6.45) is 28.6. The molecule has 6 aliphatic heterocycles. The first-order valence-electron chi connectivity index (χ1n) is 47.6. The van der Waals surface area contributed by atoms with E-state index >= 15 is 0 Å². The standard InChI is InChI=1S/C21H22FNO3.C20H21NO3.3C18H19N3O2.C17H20N4O2/c1-3-21(24)23-11-9-17(10-12-23)26-18-6-4-5-15(13-18)19-8-7-16(22)14-20(19)25-2;1-2-20(23)21-11-9-18(10-12-21)24-19-8-4-6-16(14-19)15-5-3-7-17(22)13-15;1-2-18(22)21-11-8-15(9-12-21)23-16-6-3-5-14(13-16)17-7-4-10-19-20-17;1-2-18(22)21-10-7-15(8-11-21)23-16-5-3-4-14(12-16)17-6-9-19-13-20-17;1-2-18(22)21-10-7-16(8-11-21)23-17-5-3-4-14(12-17)15-6-9-19-20-13-15;1-3-16(22)21-9-7-14(8-10-21)23-15-6-4-5-13(11-15)17-18-12-19-20(17)2/h3-8,13-14,17H,1,9-12H2,2H3;2-8,13-14,18,22H,1,9-12H2;2-7,10,13,15H,1,8-9,11-12H2;2-6,9,12-13,15H,1,7-8,10-11H2;2-6,9,12-13,16H,1,7-8,10-11H2;3-6,11-12,14H,1,7-10H2,2H3. The third-order valence-electron chi connectivity index (χ3n) is 24.7. The number of ether oxygens (including phenoxy) is 7. The topological polar surface area (TPSA) is 315 Å². The molecule has 0 saturated carbocycles. The number of aromatic hydroxyl groups is 1. The van der Waals surface area contributed by atoms with E-state index in [0.717, 1.165) is 179 Å². The molecule has 0 atom stereocenters. The summed E-state index contributed by atoms with van der Waals surface area (Å²) < 4.78 is 56.9. The number of hydrogen-bond acceptors (Lipinski definition) is 22. The third-order valence-corrected chi connectivity index (χ3v) is 24.7. The number of amides is 6. The number of phenols is 1. The third kappa shape index (κ3) is 30.6. The van der Waals surface area contributed by atoms with Gasteiger partial charge in [-0.05, 0) is 180 Å². The van der Waals surface area contributed by atoms with Crippen molar-refractivity contribution < 1.29 is 71.4 Å². The van der Waals surface area contributed by atoms with Crippen molar-refractivity contribution >= 4 is 35.4 Å². The highest BCUT2D eigenvalue weighted by Gasteiger charge is 2.30. The maximum absolute atomic E-state index is 13.4. The molecule has 29 nitrogen and oxygen atoms in total. The molecule has 12 aromatic rings. The smallest absolute Gasteiger partial charge is 0.245 e. The maximum Gasteiger partial charge on any atom is 0.245 e. The number of likely N-dealkylation sites (tertiary alicyclic amines) is 6. The van der Waals surface area contributed by atoms with Crippen LogP contribution in [0.1, 0.15) is 77.0 Å². The lowest BCUT2D eigenvalue weighted by Gasteiger charge is -2.31. The van der Waals surface area contributed by atoms with Crippen LogP contribution in [0.25, 0.3) is 67.3 Å². The first-order chi connectivity index (χ1) is 69.2. The van der Waals surface area contributed by atoms with Crippen molar-refractivity contribution in [3.05, 3.63) is 332 Å². The van der Waals surface area contributed by atoms with Gasteiger partial charge in [0.05, 0.1) is 30.9 Å². The molecule has 0 unspecified atom stereocenters. The Morgan fingerprint density at radius 2 is 0.683 bits per heavy atom. The average Bonchev–Trinajstić information content (AvgIpc) is 1.46. The van der Waals surface area contributed by atoms with E-state index in [2.05, 4.69) is 79.9 Å². The van der Waals surface area contributed by atoms with Crippen LogP contribution in [0.3, 0.4) is 0 Å². The van der Waals surface area contributed by atoms with Gasteiger partial charge >= 0.3 is 0 Å². The fourth-order valence-electron chi connectivity index (χ4n) is 17.0. The summed E-state index contributed by atoms with van der Waals surface area (Å²) in [4.78, 5) is 92.9. The maximum atomic E-state index is 13.4. The van der Waals surface area contributed by atoms with Gasteiger partial charge in [-0.1, -0.05) is 124 Å². The van der Waals surface area contributed by atoms with E-state index in [1.807, 2.05) is 209 Å². The predicted octanol–water partition coefficient (Wildman–Crippen LogP) is 17.8. The number of aromatic nitrogens is 9. The summed E-state index contributed by atoms with van der Waals surface area (Å²) in [5.74, 6) is 6.01. The number of carbonyl (C=O) groups is 6. The molecule has 18 rings (SSSR count). The summed E-state index contributed by atoms with van der Waals surface area (Å²) in [5.41, 5.74) is 10.4. The Bertz CT molecular complexity index is 5920. The number of carbonyl (C=O) groups excluding carboxylic acids is 6. The lowest BCUT2D eigenvalue weighted by molar-refractivity contribution is -0.128. The van der Waals surface area contributed by atoms with Crippen molar-refractivity contribution in [3.8, 4) is 113 Å². The molecule has 30 heteroatoms. The number of halogens is 1. The van der Waals surface area contributed by atoms with Gasteiger partial charge in [-0.2, -0.15) is 25.5 Å². The van der Waals surface area contributed by atoms with Crippen LogP contribution in [0.15, 0.2) is 326 Å². The van der Waals surface area contributed by atoms with Gasteiger partial charge in [0, 0.05) is 209 Å². The molecule has 10 heterocycles. The Morgan fingerprint density at radius 1 is 0.338 bits per heavy atom. The van der Waals surface area contributed by atoms with Crippen molar-refractivity contribution in [2.45, 2.75) is 114 Å². The Hall–Kier alpha value is -16.3. The van der Waals surface area contributed by atoms with Crippen molar-refractivity contribution in [3.63, 3.8) is 0 Å². The minimum Gasteiger partial charge on any atom is -0.508 e. The molecular formula is C112H120FN15O14. The van der Waals surface area contributed by atoms with E-state index in [4.69, 9.17) is 33.2 Å². The summed E-state index contributed by atoms with van der Waals surface area (Å²) >= 11 is 0. The second-order valence-electron chi connectivity index (χ2n) is 34.2. The molecule has 4 aromatic heterocycles. The van der Waals surface area contributed by atoms with E-state index in [-0.39, 0.29) is 83.6 Å². The van der Waals surface area contributed by atoms with Crippen molar-refractivity contribution in [1.29, 1.82) is 0 Å². The van der Waals surface area contributed by atoms with Crippen LogP contribution in [-0.2, 0) is 35.8 Å². The quantitative estimate of drug-likeness (QED) is 0.0520. The summed E-state index contributed by atoms with van der Waals surface area (Å²) in [5, 5.41) is 29.4. The summed E-state index contributed by atoms with van der Waals surface area (Å²) in [7, 11) is 3.39. The number of benzene rings is 8. The van der Waals surface area contributed by atoms with Crippen LogP contribution >= 0.6 is 0 Å². The fourth-order valence-corrected chi connectivity index (χ4v) is 17.0. The van der Waals surface area contributed by atoms with E-state index in [1.54, 1.807) is 57.5 Å². The molecule has 6 aliphatic rings. The molecule has 8 aromatic carbocycles. The lowest BCUT2D eigenvalue weighted by atomic mass is 10.0. The first-order valence-corrected chi connectivity index (χ1v) is 47.6. The van der Waals surface area contributed by atoms with Crippen molar-refractivity contribution in [1.82, 2.24) is 74.5 Å². The van der Waals surface area contributed by atoms with E-state index in [9.17, 15) is 38.3 Å². The van der Waals surface area contributed by atoms with Crippen LogP contribution < -0.4 is 33.2 Å². The van der Waals surface area contributed by atoms with Crippen LogP contribution in [0.5, 0.6) is 46.0 Å². The van der Waals surface area contributed by atoms with E-state index < -0.39 is 0 Å².